The van der Waals surface area contributed by atoms with Crippen LogP contribution in [0, 0.1) is 0 Å². The van der Waals surface area contributed by atoms with Gasteiger partial charge in [-0.25, -0.2) is 0 Å². The molecule has 0 saturated heterocycles. The molecule has 128 valence electrons. The zero-order valence-electron chi connectivity index (χ0n) is 15.5. The van der Waals surface area contributed by atoms with Crippen molar-refractivity contribution >= 4 is 0 Å². The molecule has 0 fully saturated rings. The van der Waals surface area contributed by atoms with E-state index in [1.165, 1.54) is 0 Å². The summed E-state index contributed by atoms with van der Waals surface area (Å²) in [7, 11) is 0. The van der Waals surface area contributed by atoms with Crippen LogP contribution in [-0.2, 0) is 11.9 Å². The second-order valence-corrected chi connectivity index (χ2v) is 6.03. The van der Waals surface area contributed by atoms with Gasteiger partial charge in [0.15, 0.2) is 11.4 Å². The van der Waals surface area contributed by atoms with E-state index in [1.54, 1.807) is 11.7 Å². The van der Waals surface area contributed by atoms with Gasteiger partial charge in [-0.05, 0) is 21.9 Å². The molecule has 0 aliphatic rings. The molecule has 1 atom stereocenters. The molecule has 0 aliphatic carbocycles. The zero-order chi connectivity index (χ0) is 18.7. The average molecular weight is 341 g/mol. The molecule has 26 heavy (non-hydrogen) atoms. The third-order valence-corrected chi connectivity index (χ3v) is 4.56. The molecule has 0 bridgehead atoms. The third kappa shape index (κ3) is 2.60. The maximum Gasteiger partial charge on any atom is 0.174 e. The van der Waals surface area contributed by atoms with E-state index < -0.39 is 11.9 Å². The molecule has 4 nitrogen and oxygen atoms in total. The number of aromatic nitrogens is 4. The van der Waals surface area contributed by atoms with Crippen LogP contribution in [0.3, 0.4) is 0 Å². The lowest BCUT2D eigenvalue weighted by Gasteiger charge is -2.34. The van der Waals surface area contributed by atoms with Gasteiger partial charge >= 0.3 is 0 Å². The normalized spacial score (nSPS) is 13.2. The van der Waals surface area contributed by atoms with E-state index in [4.69, 9.17) is 1.37 Å². The molecule has 0 spiro atoms. The Hall–Kier alpha value is -3.27. The summed E-state index contributed by atoms with van der Waals surface area (Å²) >= 11 is 0. The first kappa shape index (κ1) is 15.0. The summed E-state index contributed by atoms with van der Waals surface area (Å²) in [6.07, 6.45) is -0.543. The molecule has 4 rings (SSSR count). The predicted octanol–water partition coefficient (Wildman–Crippen LogP) is 4.08. The summed E-state index contributed by atoms with van der Waals surface area (Å²) in [5.74, 6) is 0.405. The van der Waals surface area contributed by atoms with Gasteiger partial charge in [-0.1, -0.05) is 97.9 Å². The molecule has 1 aromatic heterocycles. The largest absolute Gasteiger partial charge is 0.174 e. The Bertz CT molecular complexity index is 902. The fourth-order valence-corrected chi connectivity index (χ4v) is 3.37. The molecular weight excluding hydrogens is 320 g/mol. The average Bonchev–Trinajstić information content (AvgIpc) is 3.22. The van der Waals surface area contributed by atoms with Crippen LogP contribution in [0.4, 0.5) is 0 Å². The van der Waals surface area contributed by atoms with Crippen LogP contribution in [0.15, 0.2) is 91.0 Å². The number of aryl methyl sites for hydroxylation is 1. The fraction of sp³-hybridized carbons (Fsp3) is 0.136. The van der Waals surface area contributed by atoms with Crippen LogP contribution in [-0.4, -0.2) is 20.2 Å². The maximum absolute atomic E-state index is 7.97. The van der Waals surface area contributed by atoms with E-state index in [0.29, 0.717) is 5.82 Å². The van der Waals surface area contributed by atoms with Crippen molar-refractivity contribution in [3.63, 3.8) is 0 Å². The predicted molar refractivity (Wildman–Crippen MR) is 102 cm³/mol. The van der Waals surface area contributed by atoms with Gasteiger partial charge < -0.3 is 0 Å². The Balaban J connectivity index is 2.09. The van der Waals surface area contributed by atoms with Gasteiger partial charge in [-0.15, -0.1) is 15.0 Å². The fourth-order valence-electron chi connectivity index (χ4n) is 3.37. The highest BCUT2D eigenvalue weighted by molar-refractivity contribution is 5.49. The van der Waals surface area contributed by atoms with Crippen LogP contribution >= 0.6 is 0 Å². The highest BCUT2D eigenvalue weighted by Gasteiger charge is 2.40. The van der Waals surface area contributed by atoms with Crippen molar-refractivity contribution < 1.29 is 1.37 Å². The van der Waals surface area contributed by atoms with Crippen molar-refractivity contribution in [2.24, 2.45) is 0 Å². The Morgan fingerprint density at radius 3 is 1.54 bits per heavy atom. The molecule has 4 aromatic rings. The number of hydrogen-bond acceptors (Lipinski definition) is 3. The number of hydrogen-bond donors (Lipinski definition) is 0. The van der Waals surface area contributed by atoms with Gasteiger partial charge in [-0.3, -0.25) is 0 Å². The van der Waals surface area contributed by atoms with Crippen molar-refractivity contribution in [3.05, 3.63) is 114 Å². The molecule has 0 aliphatic heterocycles. The highest BCUT2D eigenvalue weighted by atomic mass is 15.6. The summed E-state index contributed by atoms with van der Waals surface area (Å²) in [5, 5.41) is 13.2. The van der Waals surface area contributed by atoms with Gasteiger partial charge in [0.05, 0.1) is 0 Å². The number of nitrogens with zero attached hydrogens (tertiary/aromatic N) is 4. The highest BCUT2D eigenvalue weighted by Crippen LogP contribution is 2.39. The molecule has 3 aromatic carbocycles. The number of rotatable bonds is 5. The lowest BCUT2D eigenvalue weighted by Crippen LogP contribution is -2.39. The van der Waals surface area contributed by atoms with Crippen LogP contribution < -0.4 is 0 Å². The first-order valence-corrected chi connectivity index (χ1v) is 8.62. The summed E-state index contributed by atoms with van der Waals surface area (Å²) in [6, 6.07) is 30.5. The third-order valence-electron chi connectivity index (χ3n) is 4.56. The van der Waals surface area contributed by atoms with Crippen LogP contribution in [0.5, 0.6) is 0 Å². The number of benzene rings is 3. The van der Waals surface area contributed by atoms with Crippen molar-refractivity contribution in [3.8, 4) is 0 Å². The molecule has 0 saturated carbocycles. The molecule has 0 amide bonds. The van der Waals surface area contributed by atoms with Gasteiger partial charge in [0.25, 0.3) is 0 Å². The van der Waals surface area contributed by atoms with Crippen molar-refractivity contribution in [1.82, 2.24) is 20.2 Å². The van der Waals surface area contributed by atoms with E-state index in [-0.39, 0.29) is 0 Å². The van der Waals surface area contributed by atoms with Gasteiger partial charge in [-0.2, -0.15) is 0 Å². The molecule has 1 unspecified atom stereocenters. The van der Waals surface area contributed by atoms with Crippen LogP contribution in [0.1, 0.15) is 30.8 Å². The van der Waals surface area contributed by atoms with E-state index in [9.17, 15) is 0 Å². The second kappa shape index (κ2) is 6.92. The SMILES string of the molecule is [2H]C(C)c1nnn(C(c2ccccc2)(c2ccccc2)c2ccccc2)n1. The van der Waals surface area contributed by atoms with Crippen LogP contribution in [0.2, 0.25) is 0 Å². The Kier molecular flexibility index (Phi) is 4.00. The monoisotopic (exact) mass is 341 g/mol. The van der Waals surface area contributed by atoms with Gasteiger partial charge in [0.1, 0.15) is 0 Å². The Morgan fingerprint density at radius 1 is 0.769 bits per heavy atom. The smallest absolute Gasteiger partial charge is 0.144 e. The van der Waals surface area contributed by atoms with Gasteiger partial charge in [0.2, 0.25) is 0 Å². The molecule has 4 heteroatoms. The summed E-state index contributed by atoms with van der Waals surface area (Å²) in [6.45, 7) is 1.75. The molecular formula is C22H20N4. The topological polar surface area (TPSA) is 43.6 Å². The lowest BCUT2D eigenvalue weighted by molar-refractivity contribution is 0.394. The first-order valence-electron chi connectivity index (χ1n) is 9.20. The summed E-state index contributed by atoms with van der Waals surface area (Å²) < 4.78 is 7.97. The molecule has 0 N–H and O–H groups in total. The minimum absolute atomic E-state index is 0.405. The quantitative estimate of drug-likeness (QED) is 0.514. The van der Waals surface area contributed by atoms with Gasteiger partial charge in [0, 0.05) is 7.77 Å². The standard InChI is InChI=1S/C22H20N4/c1-2-21-23-25-26(24-21)22(18-12-6-3-7-13-18,19-14-8-4-9-15-19)20-16-10-5-11-17-20/h3-17H,2H2,1H3/i2D. The van der Waals surface area contributed by atoms with Crippen molar-refractivity contribution in [2.45, 2.75) is 18.9 Å². The summed E-state index contributed by atoms with van der Waals surface area (Å²) in [4.78, 5) is 1.65. The minimum Gasteiger partial charge on any atom is -0.144 e. The Morgan fingerprint density at radius 2 is 1.19 bits per heavy atom. The first-order chi connectivity index (χ1) is 13.2. The number of tetrazole rings is 1. The van der Waals surface area contributed by atoms with E-state index in [1.807, 2.05) is 54.6 Å². The zero-order valence-corrected chi connectivity index (χ0v) is 14.5. The summed E-state index contributed by atoms with van der Waals surface area (Å²) in [5.41, 5.74) is 2.32. The van der Waals surface area contributed by atoms with Crippen molar-refractivity contribution in [2.75, 3.05) is 0 Å². The lowest BCUT2D eigenvalue weighted by atomic mass is 9.77. The molecule has 0 radical (unpaired) electrons. The second-order valence-electron chi connectivity index (χ2n) is 6.03. The van der Waals surface area contributed by atoms with E-state index >= 15 is 0 Å². The minimum atomic E-state index is -0.774. The van der Waals surface area contributed by atoms with Crippen molar-refractivity contribution in [1.29, 1.82) is 0 Å². The Labute approximate surface area is 154 Å². The van der Waals surface area contributed by atoms with E-state index in [2.05, 4.69) is 51.8 Å². The van der Waals surface area contributed by atoms with E-state index in [0.717, 1.165) is 16.7 Å². The maximum atomic E-state index is 7.97. The molecule has 1 heterocycles. The van der Waals surface area contributed by atoms with Crippen LogP contribution in [0.25, 0.3) is 0 Å².